The first-order chi connectivity index (χ1) is 9.47. The molecule has 2 aromatic heterocycles. The topological polar surface area (TPSA) is 77.1 Å². The number of nitrogens with one attached hydrogen (secondary N) is 1. The molecule has 0 bridgehead atoms. The van der Waals surface area contributed by atoms with E-state index in [9.17, 15) is 4.79 Å². The van der Waals surface area contributed by atoms with E-state index in [0.29, 0.717) is 5.71 Å². The van der Waals surface area contributed by atoms with Crippen LogP contribution >= 0.6 is 15.9 Å². The second-order valence-electron chi connectivity index (χ2n) is 4.41. The Morgan fingerprint density at radius 3 is 2.75 bits per heavy atom. The summed E-state index contributed by atoms with van der Waals surface area (Å²) in [6, 6.07) is 0. The van der Waals surface area contributed by atoms with Crippen molar-refractivity contribution in [1.29, 1.82) is 0 Å². The summed E-state index contributed by atoms with van der Waals surface area (Å²) in [5.41, 5.74) is 5.01. The van der Waals surface area contributed by atoms with Gasteiger partial charge in [0.2, 0.25) is 0 Å². The van der Waals surface area contributed by atoms with E-state index in [1.54, 1.807) is 34.9 Å². The lowest BCUT2D eigenvalue weighted by Gasteiger charge is -2.04. The van der Waals surface area contributed by atoms with Crippen LogP contribution in [-0.4, -0.2) is 31.2 Å². The van der Waals surface area contributed by atoms with Crippen molar-refractivity contribution in [2.75, 3.05) is 0 Å². The Morgan fingerprint density at radius 2 is 2.20 bits per heavy atom. The van der Waals surface area contributed by atoms with Gasteiger partial charge in [-0.25, -0.2) is 5.43 Å². The molecule has 7 nitrogen and oxygen atoms in total. The zero-order valence-corrected chi connectivity index (χ0v) is 13.0. The summed E-state index contributed by atoms with van der Waals surface area (Å²) in [6.45, 7) is 3.86. The zero-order chi connectivity index (χ0) is 14.7. The highest BCUT2D eigenvalue weighted by molar-refractivity contribution is 9.10. The van der Waals surface area contributed by atoms with E-state index in [4.69, 9.17) is 0 Å². The molecule has 8 heteroatoms. The summed E-state index contributed by atoms with van der Waals surface area (Å²) in [4.78, 5) is 11.8. The first-order valence-corrected chi connectivity index (χ1v) is 6.76. The van der Waals surface area contributed by atoms with Gasteiger partial charge in [-0.05, 0) is 35.3 Å². The van der Waals surface area contributed by atoms with Crippen LogP contribution in [0.1, 0.15) is 18.2 Å². The third kappa shape index (κ3) is 3.32. The van der Waals surface area contributed by atoms with Crippen LogP contribution in [0.5, 0.6) is 0 Å². The Labute approximate surface area is 124 Å². The Balaban J connectivity index is 2.00. The van der Waals surface area contributed by atoms with Crippen LogP contribution in [0.4, 0.5) is 0 Å². The monoisotopic (exact) mass is 338 g/mol. The fourth-order valence-corrected chi connectivity index (χ4v) is 2.39. The average molecular weight is 339 g/mol. The molecule has 0 saturated heterocycles. The molecule has 2 rings (SSSR count). The number of aromatic nitrogens is 4. The summed E-state index contributed by atoms with van der Waals surface area (Å²) in [5, 5.41) is 12.2. The maximum Gasteiger partial charge on any atom is 0.261 e. The maximum absolute atomic E-state index is 11.8. The van der Waals surface area contributed by atoms with E-state index in [2.05, 4.69) is 36.7 Å². The summed E-state index contributed by atoms with van der Waals surface area (Å²) in [5.74, 6) is -0.231. The second kappa shape index (κ2) is 6.00. The number of amides is 1. The third-order valence-corrected chi connectivity index (χ3v) is 3.23. The molecule has 106 valence electrons. The number of hydrazone groups is 1. The highest BCUT2D eigenvalue weighted by Gasteiger charge is 2.10. The van der Waals surface area contributed by atoms with Crippen molar-refractivity contribution >= 4 is 27.5 Å². The lowest BCUT2D eigenvalue weighted by molar-refractivity contribution is -0.121. The van der Waals surface area contributed by atoms with E-state index in [-0.39, 0.29) is 12.5 Å². The fraction of sp³-hybridized carbons (Fsp3) is 0.333. The Hall–Kier alpha value is -1.96. The molecule has 0 aliphatic heterocycles. The first kappa shape index (κ1) is 14.4. The Kier molecular flexibility index (Phi) is 4.33. The van der Waals surface area contributed by atoms with Gasteiger partial charge in [-0.2, -0.15) is 15.3 Å². The summed E-state index contributed by atoms with van der Waals surface area (Å²) >= 11 is 3.39. The number of hydrogen-bond donors (Lipinski definition) is 1. The fourth-order valence-electron chi connectivity index (χ4n) is 1.75. The summed E-state index contributed by atoms with van der Waals surface area (Å²) in [6.07, 6.45) is 5.19. The van der Waals surface area contributed by atoms with Crippen LogP contribution in [0.25, 0.3) is 0 Å². The first-order valence-electron chi connectivity index (χ1n) is 5.97. The molecule has 0 saturated carbocycles. The quantitative estimate of drug-likeness (QED) is 0.672. The van der Waals surface area contributed by atoms with Gasteiger partial charge >= 0.3 is 0 Å². The molecule has 0 aromatic carbocycles. The van der Waals surface area contributed by atoms with Gasteiger partial charge in [0.25, 0.3) is 5.91 Å². The maximum atomic E-state index is 11.8. The Bertz CT molecular complexity index is 637. The van der Waals surface area contributed by atoms with Gasteiger partial charge in [0.05, 0.1) is 28.3 Å². The second-order valence-corrected chi connectivity index (χ2v) is 5.27. The number of carbonyl (C=O) groups excluding carboxylic acids is 1. The van der Waals surface area contributed by atoms with Crippen LogP contribution in [0.15, 0.2) is 28.2 Å². The van der Waals surface area contributed by atoms with Gasteiger partial charge < -0.3 is 0 Å². The van der Waals surface area contributed by atoms with Gasteiger partial charge in [-0.15, -0.1) is 0 Å². The zero-order valence-electron chi connectivity index (χ0n) is 11.5. The molecule has 20 heavy (non-hydrogen) atoms. The minimum Gasteiger partial charge on any atom is -0.271 e. The van der Waals surface area contributed by atoms with Gasteiger partial charge in [0, 0.05) is 13.2 Å². The number of rotatable bonds is 4. The molecule has 0 spiro atoms. The molecule has 1 N–H and O–H groups in total. The van der Waals surface area contributed by atoms with Gasteiger partial charge in [-0.3, -0.25) is 14.2 Å². The molecule has 0 radical (unpaired) electrons. The predicted octanol–water partition coefficient (Wildman–Crippen LogP) is 1.23. The molecule has 0 aliphatic carbocycles. The van der Waals surface area contributed by atoms with Gasteiger partial charge in [0.15, 0.2) is 0 Å². The molecule has 0 unspecified atom stereocenters. The SMILES string of the molecule is CC(=NNC(=O)Cn1cc(C)cn1)c1c(Br)cnn1C. The number of halogens is 1. The van der Waals surface area contributed by atoms with Crippen molar-refractivity contribution in [2.24, 2.45) is 12.1 Å². The number of carbonyl (C=O) groups is 1. The lowest BCUT2D eigenvalue weighted by atomic mass is 10.3. The van der Waals surface area contributed by atoms with Crippen molar-refractivity contribution in [3.8, 4) is 0 Å². The Morgan fingerprint density at radius 1 is 1.45 bits per heavy atom. The van der Waals surface area contributed by atoms with Crippen molar-refractivity contribution < 1.29 is 4.79 Å². The van der Waals surface area contributed by atoms with Crippen LogP contribution in [0.2, 0.25) is 0 Å². The number of aryl methyl sites for hydroxylation is 2. The molecule has 0 fully saturated rings. The van der Waals surface area contributed by atoms with E-state index in [0.717, 1.165) is 15.7 Å². The van der Waals surface area contributed by atoms with Gasteiger partial charge in [-0.1, -0.05) is 0 Å². The molecular formula is C12H15BrN6O. The molecule has 2 heterocycles. The standard InChI is InChI=1S/C12H15BrN6O/c1-8-4-15-19(6-8)7-11(20)17-16-9(2)12-10(13)5-14-18(12)3/h4-6H,7H2,1-3H3,(H,17,20). The molecule has 0 aliphatic rings. The minimum atomic E-state index is -0.231. The van der Waals surface area contributed by atoms with Crippen LogP contribution in [0, 0.1) is 6.92 Å². The lowest BCUT2D eigenvalue weighted by Crippen LogP contribution is -2.25. The van der Waals surface area contributed by atoms with Crippen LogP contribution in [-0.2, 0) is 18.4 Å². The van der Waals surface area contributed by atoms with Crippen molar-refractivity contribution in [3.63, 3.8) is 0 Å². The van der Waals surface area contributed by atoms with E-state index < -0.39 is 0 Å². The van der Waals surface area contributed by atoms with Crippen LogP contribution < -0.4 is 5.43 Å². The van der Waals surface area contributed by atoms with Crippen molar-refractivity contribution in [3.05, 3.63) is 34.3 Å². The van der Waals surface area contributed by atoms with E-state index in [1.165, 1.54) is 0 Å². The predicted molar refractivity (Wildman–Crippen MR) is 78.2 cm³/mol. The average Bonchev–Trinajstić information content (AvgIpc) is 2.93. The number of nitrogens with zero attached hydrogens (tertiary/aromatic N) is 5. The molecule has 0 atom stereocenters. The molecule has 2 aromatic rings. The van der Waals surface area contributed by atoms with Crippen molar-refractivity contribution in [2.45, 2.75) is 20.4 Å². The third-order valence-electron chi connectivity index (χ3n) is 2.65. The molecule has 1 amide bonds. The van der Waals surface area contributed by atoms with Crippen molar-refractivity contribution in [1.82, 2.24) is 25.0 Å². The minimum absolute atomic E-state index is 0.136. The highest BCUT2D eigenvalue weighted by atomic mass is 79.9. The summed E-state index contributed by atoms with van der Waals surface area (Å²) < 4.78 is 4.08. The largest absolute Gasteiger partial charge is 0.271 e. The number of hydrogen-bond acceptors (Lipinski definition) is 4. The van der Waals surface area contributed by atoms with E-state index >= 15 is 0 Å². The van der Waals surface area contributed by atoms with Gasteiger partial charge in [0.1, 0.15) is 6.54 Å². The van der Waals surface area contributed by atoms with E-state index in [1.807, 2.05) is 14.0 Å². The van der Waals surface area contributed by atoms with Crippen LogP contribution in [0.3, 0.4) is 0 Å². The normalized spacial score (nSPS) is 11.7. The smallest absolute Gasteiger partial charge is 0.261 e. The molecular weight excluding hydrogens is 324 g/mol. The summed E-state index contributed by atoms with van der Waals surface area (Å²) in [7, 11) is 1.81. The highest BCUT2D eigenvalue weighted by Crippen LogP contribution is 2.15.